The molecule has 130 valence electrons. The van der Waals surface area contributed by atoms with Crippen LogP contribution in [0.15, 0.2) is 48.7 Å². The minimum atomic E-state index is -3.56. The van der Waals surface area contributed by atoms with E-state index in [9.17, 15) is 8.42 Å². The molecule has 2 rings (SSSR count). The summed E-state index contributed by atoms with van der Waals surface area (Å²) in [5.74, 6) is 1.08. The minimum absolute atomic E-state index is 0.0655. The van der Waals surface area contributed by atoms with E-state index in [4.69, 9.17) is 4.74 Å². The number of nitrogens with zero attached hydrogens (tertiary/aromatic N) is 3. The van der Waals surface area contributed by atoms with Crippen LogP contribution >= 0.6 is 0 Å². The summed E-state index contributed by atoms with van der Waals surface area (Å²) in [6, 6.07) is 12.2. The number of hydrogen-bond acceptors (Lipinski definition) is 4. The van der Waals surface area contributed by atoms with Gasteiger partial charge in [0.15, 0.2) is 0 Å². The Morgan fingerprint density at radius 1 is 1.12 bits per heavy atom. The summed E-state index contributed by atoms with van der Waals surface area (Å²) < 4.78 is 33.5. The lowest BCUT2D eigenvalue weighted by Crippen LogP contribution is -2.43. The third-order valence-electron chi connectivity index (χ3n) is 3.98. The van der Waals surface area contributed by atoms with Crippen molar-refractivity contribution < 1.29 is 13.2 Å². The highest BCUT2D eigenvalue weighted by atomic mass is 32.2. The fourth-order valence-electron chi connectivity index (χ4n) is 2.06. The molecule has 1 atom stereocenters. The molecule has 1 unspecified atom stereocenters. The van der Waals surface area contributed by atoms with Gasteiger partial charge in [0.25, 0.3) is 0 Å². The molecule has 1 heterocycles. The van der Waals surface area contributed by atoms with Gasteiger partial charge in [-0.1, -0.05) is 13.0 Å². The number of hydrogen-bond donors (Lipinski definition) is 0. The van der Waals surface area contributed by atoms with E-state index in [1.165, 1.54) is 8.61 Å². The van der Waals surface area contributed by atoms with Crippen molar-refractivity contribution in [2.75, 3.05) is 18.4 Å². The average molecular weight is 349 g/mol. The van der Waals surface area contributed by atoms with E-state index in [1.807, 2.05) is 26.0 Å². The van der Waals surface area contributed by atoms with Crippen LogP contribution in [0, 0.1) is 0 Å². The smallest absolute Gasteiger partial charge is 0.303 e. The monoisotopic (exact) mass is 349 g/mol. The predicted molar refractivity (Wildman–Crippen MR) is 95.6 cm³/mol. The summed E-state index contributed by atoms with van der Waals surface area (Å²) in [4.78, 5) is 4.09. The van der Waals surface area contributed by atoms with E-state index in [2.05, 4.69) is 4.98 Å². The third-order valence-corrected chi connectivity index (χ3v) is 5.97. The van der Waals surface area contributed by atoms with Crippen molar-refractivity contribution in [1.29, 1.82) is 0 Å². The van der Waals surface area contributed by atoms with Crippen molar-refractivity contribution in [3.8, 4) is 11.6 Å². The predicted octanol–water partition coefficient (Wildman–Crippen LogP) is 3.29. The molecule has 1 aromatic heterocycles. The van der Waals surface area contributed by atoms with Crippen molar-refractivity contribution in [2.24, 2.45) is 0 Å². The number of ether oxygens (including phenoxy) is 1. The van der Waals surface area contributed by atoms with Gasteiger partial charge >= 0.3 is 10.2 Å². The summed E-state index contributed by atoms with van der Waals surface area (Å²) >= 11 is 0. The summed E-state index contributed by atoms with van der Waals surface area (Å²) in [5, 5.41) is 0. The Balaban J connectivity index is 2.15. The zero-order valence-corrected chi connectivity index (χ0v) is 15.2. The summed E-state index contributed by atoms with van der Waals surface area (Å²) in [5.41, 5.74) is 0.568. The molecule has 24 heavy (non-hydrogen) atoms. The molecule has 0 amide bonds. The highest BCUT2D eigenvalue weighted by Gasteiger charge is 2.27. The van der Waals surface area contributed by atoms with Gasteiger partial charge in [-0.05, 0) is 43.7 Å². The SMILES string of the molecule is CCC(C)N(C)S(=O)(=O)N(C)c1ccc(Oc2ccccn2)cc1. The van der Waals surface area contributed by atoms with Crippen LogP contribution in [-0.2, 0) is 10.2 Å². The number of aromatic nitrogens is 1. The highest BCUT2D eigenvalue weighted by molar-refractivity contribution is 7.90. The normalized spacial score (nSPS) is 12.9. The van der Waals surface area contributed by atoms with E-state index < -0.39 is 10.2 Å². The maximum Gasteiger partial charge on any atom is 0.303 e. The van der Waals surface area contributed by atoms with E-state index in [0.717, 1.165) is 6.42 Å². The van der Waals surface area contributed by atoms with Gasteiger partial charge in [-0.2, -0.15) is 12.7 Å². The molecule has 0 saturated heterocycles. The lowest BCUT2D eigenvalue weighted by Gasteiger charge is -2.29. The molecule has 0 fully saturated rings. The molecular weight excluding hydrogens is 326 g/mol. The van der Waals surface area contributed by atoms with Gasteiger partial charge in [-0.15, -0.1) is 0 Å². The van der Waals surface area contributed by atoms with Gasteiger partial charge < -0.3 is 4.74 Å². The first-order valence-corrected chi connectivity index (χ1v) is 9.16. The second kappa shape index (κ2) is 7.63. The van der Waals surface area contributed by atoms with Crippen molar-refractivity contribution in [3.05, 3.63) is 48.7 Å². The van der Waals surface area contributed by atoms with E-state index in [1.54, 1.807) is 50.6 Å². The molecule has 0 N–H and O–H groups in total. The zero-order chi connectivity index (χ0) is 17.7. The topological polar surface area (TPSA) is 62.7 Å². The van der Waals surface area contributed by atoms with Gasteiger partial charge in [-0.25, -0.2) is 4.98 Å². The first-order valence-electron chi connectivity index (χ1n) is 7.77. The van der Waals surface area contributed by atoms with E-state index in [0.29, 0.717) is 17.3 Å². The lowest BCUT2D eigenvalue weighted by molar-refractivity contribution is 0.380. The van der Waals surface area contributed by atoms with Crippen LogP contribution in [0.1, 0.15) is 20.3 Å². The Morgan fingerprint density at radius 3 is 2.33 bits per heavy atom. The van der Waals surface area contributed by atoms with Crippen LogP contribution in [0.3, 0.4) is 0 Å². The lowest BCUT2D eigenvalue weighted by atomic mass is 10.3. The third kappa shape index (κ3) is 4.04. The quantitative estimate of drug-likeness (QED) is 0.769. The molecule has 0 spiro atoms. The summed E-state index contributed by atoms with van der Waals surface area (Å²) in [6.07, 6.45) is 2.40. The standard InChI is InChI=1S/C17H23N3O3S/c1-5-14(2)19(3)24(21,22)20(4)15-9-11-16(12-10-15)23-17-8-6-7-13-18-17/h6-14H,5H2,1-4H3. The van der Waals surface area contributed by atoms with Crippen molar-refractivity contribution in [2.45, 2.75) is 26.3 Å². The molecule has 1 aromatic carbocycles. The fraction of sp³-hybridized carbons (Fsp3) is 0.353. The van der Waals surface area contributed by atoms with Gasteiger partial charge in [0, 0.05) is 32.4 Å². The molecule has 0 aliphatic rings. The molecule has 0 radical (unpaired) electrons. The minimum Gasteiger partial charge on any atom is -0.439 e. The van der Waals surface area contributed by atoms with Crippen LogP contribution in [0.5, 0.6) is 11.6 Å². The molecular formula is C17H23N3O3S. The largest absolute Gasteiger partial charge is 0.439 e. The Bertz CT molecular complexity index is 748. The Morgan fingerprint density at radius 2 is 1.79 bits per heavy atom. The van der Waals surface area contributed by atoms with Crippen molar-refractivity contribution in [1.82, 2.24) is 9.29 Å². The highest BCUT2D eigenvalue weighted by Crippen LogP contribution is 2.25. The number of anilines is 1. The van der Waals surface area contributed by atoms with Gasteiger partial charge in [0.1, 0.15) is 5.75 Å². The van der Waals surface area contributed by atoms with Crippen LogP contribution in [0.25, 0.3) is 0 Å². The summed E-state index contributed by atoms with van der Waals surface area (Å²) in [6.45, 7) is 3.84. The fourth-order valence-corrected chi connectivity index (χ4v) is 3.44. The maximum atomic E-state index is 12.6. The van der Waals surface area contributed by atoms with Crippen LogP contribution < -0.4 is 9.04 Å². The number of rotatable bonds is 7. The van der Waals surface area contributed by atoms with Crippen LogP contribution in [0.2, 0.25) is 0 Å². The van der Waals surface area contributed by atoms with E-state index in [-0.39, 0.29) is 6.04 Å². The number of benzene rings is 1. The number of pyridine rings is 1. The van der Waals surface area contributed by atoms with E-state index >= 15 is 0 Å². The average Bonchev–Trinajstić information content (AvgIpc) is 2.61. The molecule has 0 aliphatic heterocycles. The Kier molecular flexibility index (Phi) is 5.80. The maximum absolute atomic E-state index is 12.6. The molecule has 0 bridgehead atoms. The first-order chi connectivity index (χ1) is 11.4. The molecule has 0 aliphatic carbocycles. The first kappa shape index (κ1) is 18.2. The second-order valence-electron chi connectivity index (χ2n) is 5.51. The molecule has 7 heteroatoms. The van der Waals surface area contributed by atoms with Crippen LogP contribution in [-0.4, -0.2) is 37.8 Å². The Labute approximate surface area is 143 Å². The van der Waals surface area contributed by atoms with Crippen molar-refractivity contribution in [3.63, 3.8) is 0 Å². The second-order valence-corrected chi connectivity index (χ2v) is 7.53. The molecule has 0 saturated carbocycles. The van der Waals surface area contributed by atoms with Crippen molar-refractivity contribution >= 4 is 15.9 Å². The van der Waals surface area contributed by atoms with Gasteiger partial charge in [0.2, 0.25) is 5.88 Å². The Hall–Kier alpha value is -2.12. The van der Waals surface area contributed by atoms with Gasteiger partial charge in [-0.3, -0.25) is 4.31 Å². The molecule has 2 aromatic rings. The van der Waals surface area contributed by atoms with Gasteiger partial charge in [0.05, 0.1) is 5.69 Å². The molecule has 6 nitrogen and oxygen atoms in total. The van der Waals surface area contributed by atoms with Crippen LogP contribution in [0.4, 0.5) is 5.69 Å². The zero-order valence-electron chi connectivity index (χ0n) is 14.4. The summed E-state index contributed by atoms with van der Waals surface area (Å²) in [7, 11) is -0.421.